The van der Waals surface area contributed by atoms with Gasteiger partial charge in [-0.25, -0.2) is 8.42 Å². The van der Waals surface area contributed by atoms with Crippen molar-refractivity contribution in [1.29, 1.82) is 0 Å². The Morgan fingerprint density at radius 2 is 1.86 bits per heavy atom. The third-order valence-corrected chi connectivity index (χ3v) is 8.30. The number of amides is 1. The molecule has 0 radical (unpaired) electrons. The summed E-state index contributed by atoms with van der Waals surface area (Å²) in [6.07, 6.45) is 0. The molecular weight excluding hydrogens is 440 g/mol. The van der Waals surface area contributed by atoms with Crippen LogP contribution in [0.2, 0.25) is 4.34 Å². The van der Waals surface area contributed by atoms with Gasteiger partial charge in [-0.2, -0.15) is 4.31 Å². The number of nitrogens with one attached hydrogen (secondary N) is 1. The largest absolute Gasteiger partial charge is 0.319 e. The Morgan fingerprint density at radius 1 is 1.21 bits per heavy atom. The molecule has 0 spiro atoms. The van der Waals surface area contributed by atoms with Crippen LogP contribution in [0.25, 0.3) is 0 Å². The average Bonchev–Trinajstić information content (AvgIpc) is 3.15. The number of nitrogens with zero attached hydrogens (tertiary/aromatic N) is 3. The third-order valence-electron chi connectivity index (χ3n) is 4.70. The molecule has 1 unspecified atom stereocenters. The average molecular weight is 459 g/mol. The summed E-state index contributed by atoms with van der Waals surface area (Å²) in [4.78, 5) is 25.0. The fraction of sp³-hybridized carbons (Fsp3) is 0.353. The lowest BCUT2D eigenvalue weighted by Gasteiger charge is -2.36. The van der Waals surface area contributed by atoms with E-state index in [9.17, 15) is 23.3 Å². The Morgan fingerprint density at radius 3 is 2.45 bits per heavy atom. The number of rotatable bonds is 6. The van der Waals surface area contributed by atoms with E-state index in [2.05, 4.69) is 5.32 Å². The first-order valence-corrected chi connectivity index (χ1v) is 11.4. The fourth-order valence-electron chi connectivity index (χ4n) is 3.04. The molecule has 12 heteroatoms. The Balaban J connectivity index is 1.62. The van der Waals surface area contributed by atoms with E-state index in [4.69, 9.17) is 11.6 Å². The van der Waals surface area contributed by atoms with Gasteiger partial charge in [-0.05, 0) is 25.1 Å². The van der Waals surface area contributed by atoms with Crippen molar-refractivity contribution in [2.75, 3.05) is 31.5 Å². The molecule has 156 valence electrons. The highest BCUT2D eigenvalue weighted by Crippen LogP contribution is 2.29. The number of hydrogen-bond acceptors (Lipinski definition) is 7. The summed E-state index contributed by atoms with van der Waals surface area (Å²) in [5, 5.41) is 13.7. The molecule has 1 N–H and O–H groups in total. The van der Waals surface area contributed by atoms with E-state index in [-0.39, 0.29) is 34.6 Å². The van der Waals surface area contributed by atoms with E-state index < -0.39 is 21.0 Å². The molecule has 9 nitrogen and oxygen atoms in total. The first-order valence-electron chi connectivity index (χ1n) is 8.74. The fourth-order valence-corrected chi connectivity index (χ4v) is 6.10. The maximum absolute atomic E-state index is 12.7. The second-order valence-electron chi connectivity index (χ2n) is 6.44. The van der Waals surface area contributed by atoms with Crippen LogP contribution < -0.4 is 5.32 Å². The Hall–Kier alpha value is -2.05. The van der Waals surface area contributed by atoms with E-state index in [1.54, 1.807) is 19.1 Å². The molecule has 0 saturated carbocycles. The standard InChI is InChI=1S/C17H19ClN4O5S2/c1-12(17(23)19-13-4-2-3-5-14(13)22(24)25)20-8-10-21(11-9-20)29(26,27)16-7-6-15(18)28-16/h2-7,12H,8-11H2,1H3,(H,19,23). The Bertz CT molecular complexity index is 1020. The van der Waals surface area contributed by atoms with Gasteiger partial charge in [0.2, 0.25) is 5.91 Å². The molecule has 1 amide bonds. The minimum absolute atomic E-state index is 0.130. The smallest absolute Gasteiger partial charge is 0.292 e. The van der Waals surface area contributed by atoms with Crippen molar-refractivity contribution in [3.05, 3.63) is 50.8 Å². The van der Waals surface area contributed by atoms with Gasteiger partial charge in [-0.1, -0.05) is 23.7 Å². The lowest BCUT2D eigenvalue weighted by molar-refractivity contribution is -0.383. The predicted octanol–water partition coefficient (Wildman–Crippen LogP) is 2.64. The highest BCUT2D eigenvalue weighted by atomic mass is 35.5. The van der Waals surface area contributed by atoms with Crippen molar-refractivity contribution in [3.8, 4) is 0 Å². The van der Waals surface area contributed by atoms with Crippen molar-refractivity contribution in [2.45, 2.75) is 17.2 Å². The molecule has 1 aromatic heterocycles. The van der Waals surface area contributed by atoms with E-state index in [0.717, 1.165) is 11.3 Å². The minimum Gasteiger partial charge on any atom is -0.319 e. The number of halogens is 1. The number of anilines is 1. The molecule has 1 aromatic carbocycles. The van der Waals surface area contributed by atoms with Gasteiger partial charge in [0.25, 0.3) is 15.7 Å². The van der Waals surface area contributed by atoms with Crippen LogP contribution in [0.15, 0.2) is 40.6 Å². The molecule has 1 aliphatic rings. The molecule has 1 fully saturated rings. The van der Waals surface area contributed by atoms with Gasteiger partial charge in [0.1, 0.15) is 9.90 Å². The zero-order valence-electron chi connectivity index (χ0n) is 15.4. The highest BCUT2D eigenvalue weighted by molar-refractivity contribution is 7.91. The highest BCUT2D eigenvalue weighted by Gasteiger charge is 2.33. The van der Waals surface area contributed by atoms with Crippen LogP contribution in [0.3, 0.4) is 0 Å². The number of hydrogen-bond donors (Lipinski definition) is 1. The van der Waals surface area contributed by atoms with Crippen LogP contribution in [0.1, 0.15) is 6.92 Å². The minimum atomic E-state index is -3.61. The number of benzene rings is 1. The van der Waals surface area contributed by atoms with Gasteiger partial charge in [-0.3, -0.25) is 19.8 Å². The quantitative estimate of drug-likeness (QED) is 0.526. The lowest BCUT2D eigenvalue weighted by Crippen LogP contribution is -2.53. The molecule has 1 aliphatic heterocycles. The Kier molecular flexibility index (Phi) is 6.54. The lowest BCUT2D eigenvalue weighted by atomic mass is 10.2. The van der Waals surface area contributed by atoms with E-state index in [0.29, 0.717) is 17.4 Å². The summed E-state index contributed by atoms with van der Waals surface area (Å²) in [5.74, 6) is -0.388. The second-order valence-corrected chi connectivity index (χ2v) is 10.3. The summed E-state index contributed by atoms with van der Waals surface area (Å²) in [6.45, 7) is 2.89. The third kappa shape index (κ3) is 4.75. The molecular formula is C17H19ClN4O5S2. The zero-order chi connectivity index (χ0) is 21.2. The summed E-state index contributed by atoms with van der Waals surface area (Å²) in [6, 6.07) is 8.38. The number of piperazine rings is 1. The first-order chi connectivity index (χ1) is 13.7. The number of carbonyl (C=O) groups is 1. The van der Waals surface area contributed by atoms with Crippen LogP contribution in [-0.4, -0.2) is 60.7 Å². The maximum Gasteiger partial charge on any atom is 0.292 e. The second kappa shape index (κ2) is 8.76. The van der Waals surface area contributed by atoms with Crippen LogP contribution in [0.4, 0.5) is 11.4 Å². The van der Waals surface area contributed by atoms with E-state index in [1.807, 2.05) is 4.90 Å². The summed E-state index contributed by atoms with van der Waals surface area (Å²) < 4.78 is 27.3. The number of nitro groups is 1. The van der Waals surface area contributed by atoms with Gasteiger partial charge >= 0.3 is 0 Å². The molecule has 0 aliphatic carbocycles. The van der Waals surface area contributed by atoms with Crippen LogP contribution in [-0.2, 0) is 14.8 Å². The zero-order valence-corrected chi connectivity index (χ0v) is 17.8. The SMILES string of the molecule is CC(C(=O)Nc1ccccc1[N+](=O)[O-])N1CCN(S(=O)(=O)c2ccc(Cl)s2)CC1. The number of para-hydroxylation sites is 2. The summed E-state index contributed by atoms with van der Waals surface area (Å²) in [5.41, 5.74) is -0.0521. The van der Waals surface area contributed by atoms with Crippen LogP contribution >= 0.6 is 22.9 Å². The number of sulfonamides is 1. The number of carbonyl (C=O) groups excluding carboxylic acids is 1. The number of nitro benzene ring substituents is 1. The normalized spacial score (nSPS) is 17.0. The van der Waals surface area contributed by atoms with E-state index >= 15 is 0 Å². The summed E-state index contributed by atoms with van der Waals surface area (Å²) >= 11 is 6.85. The van der Waals surface area contributed by atoms with Crippen LogP contribution in [0.5, 0.6) is 0 Å². The predicted molar refractivity (Wildman–Crippen MR) is 111 cm³/mol. The van der Waals surface area contributed by atoms with Crippen molar-refractivity contribution < 1.29 is 18.1 Å². The molecule has 1 saturated heterocycles. The van der Waals surface area contributed by atoms with Crippen molar-refractivity contribution in [1.82, 2.24) is 9.21 Å². The maximum atomic E-state index is 12.7. The van der Waals surface area contributed by atoms with Gasteiger partial charge < -0.3 is 5.32 Å². The Labute approximate surface area is 177 Å². The van der Waals surface area contributed by atoms with Crippen LogP contribution in [0, 0.1) is 10.1 Å². The summed E-state index contributed by atoms with van der Waals surface area (Å²) in [7, 11) is -3.61. The molecule has 29 heavy (non-hydrogen) atoms. The van der Waals surface area contributed by atoms with Gasteiger partial charge in [0, 0.05) is 32.2 Å². The van der Waals surface area contributed by atoms with Crippen molar-refractivity contribution >= 4 is 50.2 Å². The topological polar surface area (TPSA) is 113 Å². The monoisotopic (exact) mass is 458 g/mol. The van der Waals surface area contributed by atoms with Gasteiger partial charge in [-0.15, -0.1) is 11.3 Å². The van der Waals surface area contributed by atoms with E-state index in [1.165, 1.54) is 28.6 Å². The van der Waals surface area contributed by atoms with Gasteiger partial charge in [0.15, 0.2) is 0 Å². The molecule has 0 bridgehead atoms. The molecule has 2 heterocycles. The molecule has 3 rings (SSSR count). The van der Waals surface area contributed by atoms with Crippen molar-refractivity contribution in [3.63, 3.8) is 0 Å². The first kappa shape index (κ1) is 21.7. The van der Waals surface area contributed by atoms with Gasteiger partial charge in [0.05, 0.1) is 15.3 Å². The number of thiophene rings is 1. The molecule has 1 atom stereocenters. The van der Waals surface area contributed by atoms with Crippen molar-refractivity contribution in [2.24, 2.45) is 0 Å². The molecule has 2 aromatic rings.